The highest BCUT2D eigenvalue weighted by Gasteiger charge is 2.13. The van der Waals surface area contributed by atoms with Gasteiger partial charge in [-0.15, -0.1) is 0 Å². The zero-order valence-corrected chi connectivity index (χ0v) is 10.8. The summed E-state index contributed by atoms with van der Waals surface area (Å²) in [5.74, 6) is -0.307. The Labute approximate surface area is 108 Å². The van der Waals surface area contributed by atoms with Crippen LogP contribution in [0.25, 0.3) is 16.7 Å². The van der Waals surface area contributed by atoms with E-state index in [4.69, 9.17) is 12.2 Å². The van der Waals surface area contributed by atoms with Gasteiger partial charge in [-0.05, 0) is 31.3 Å². The molecule has 0 aliphatic rings. The molecule has 0 aliphatic carbocycles. The van der Waals surface area contributed by atoms with Crippen molar-refractivity contribution in [2.75, 3.05) is 0 Å². The Balaban J connectivity index is 2.43. The first-order valence-electron chi connectivity index (χ1n) is 5.48. The quantitative estimate of drug-likeness (QED) is 0.685. The zero-order valence-electron chi connectivity index (χ0n) is 9.94. The van der Waals surface area contributed by atoms with E-state index in [1.165, 1.54) is 6.07 Å². The van der Waals surface area contributed by atoms with Gasteiger partial charge >= 0.3 is 0 Å². The second-order valence-electron chi connectivity index (χ2n) is 4.17. The second-order valence-corrected chi connectivity index (χ2v) is 4.56. The van der Waals surface area contributed by atoms with Crippen LogP contribution in [0.4, 0.5) is 4.39 Å². The van der Waals surface area contributed by atoms with Gasteiger partial charge in [-0.3, -0.25) is 9.25 Å². The molecular formula is C12H11FN4S. The number of imidazole rings is 1. The number of halogens is 1. The van der Waals surface area contributed by atoms with Gasteiger partial charge in [0, 0.05) is 13.2 Å². The first kappa shape index (κ1) is 11.2. The van der Waals surface area contributed by atoms with E-state index in [9.17, 15) is 4.39 Å². The fourth-order valence-electron chi connectivity index (χ4n) is 2.14. The van der Waals surface area contributed by atoms with Crippen molar-refractivity contribution in [1.29, 1.82) is 0 Å². The summed E-state index contributed by atoms with van der Waals surface area (Å²) in [5.41, 5.74) is 2.85. The molecule has 3 aromatic rings. The molecule has 6 heteroatoms. The second kappa shape index (κ2) is 3.78. The molecular weight excluding hydrogens is 251 g/mol. The number of benzene rings is 1. The maximum Gasteiger partial charge on any atom is 0.182 e. The summed E-state index contributed by atoms with van der Waals surface area (Å²) in [7, 11) is 1.84. The number of aromatic nitrogens is 4. The van der Waals surface area contributed by atoms with E-state index in [0.29, 0.717) is 10.3 Å². The molecule has 0 fully saturated rings. The third-order valence-corrected chi connectivity index (χ3v) is 3.18. The fourth-order valence-corrected chi connectivity index (χ4v) is 2.44. The molecule has 18 heavy (non-hydrogen) atoms. The first-order valence-corrected chi connectivity index (χ1v) is 5.88. The molecule has 0 saturated heterocycles. The number of para-hydroxylation sites is 1. The van der Waals surface area contributed by atoms with Crippen molar-refractivity contribution in [1.82, 2.24) is 19.3 Å². The third kappa shape index (κ3) is 1.49. The molecule has 0 atom stereocenters. The minimum absolute atomic E-state index is 0.307. The van der Waals surface area contributed by atoms with Gasteiger partial charge < -0.3 is 4.98 Å². The molecule has 2 aromatic heterocycles. The molecule has 0 unspecified atom stereocenters. The Morgan fingerprint density at radius 3 is 2.83 bits per heavy atom. The number of H-pyrrole nitrogens is 1. The molecule has 0 amide bonds. The summed E-state index contributed by atoms with van der Waals surface area (Å²) >= 11 is 5.27. The van der Waals surface area contributed by atoms with Gasteiger partial charge in [0.05, 0.1) is 16.9 Å². The van der Waals surface area contributed by atoms with Crippen LogP contribution in [0.15, 0.2) is 24.4 Å². The highest BCUT2D eigenvalue weighted by atomic mass is 32.1. The summed E-state index contributed by atoms with van der Waals surface area (Å²) in [4.78, 5) is 2.90. The molecule has 4 nitrogen and oxygen atoms in total. The molecule has 1 N–H and O–H groups in total. The molecule has 1 aromatic carbocycles. The minimum Gasteiger partial charge on any atom is -0.328 e. The number of nitrogens with one attached hydrogen (secondary N) is 1. The van der Waals surface area contributed by atoms with Crippen LogP contribution in [0, 0.1) is 17.5 Å². The third-order valence-electron chi connectivity index (χ3n) is 2.90. The van der Waals surface area contributed by atoms with Crippen LogP contribution < -0.4 is 0 Å². The molecule has 0 saturated carbocycles. The highest BCUT2D eigenvalue weighted by molar-refractivity contribution is 7.71. The first-order chi connectivity index (χ1) is 8.58. The van der Waals surface area contributed by atoms with Crippen LogP contribution in [0.3, 0.4) is 0 Å². The molecule has 2 heterocycles. The van der Waals surface area contributed by atoms with Gasteiger partial charge in [-0.2, -0.15) is 5.10 Å². The highest BCUT2D eigenvalue weighted by Crippen LogP contribution is 2.22. The average molecular weight is 262 g/mol. The lowest BCUT2D eigenvalue weighted by molar-refractivity contribution is 0.637. The van der Waals surface area contributed by atoms with Crippen molar-refractivity contribution in [3.63, 3.8) is 0 Å². The van der Waals surface area contributed by atoms with E-state index in [1.807, 2.05) is 26.2 Å². The topological polar surface area (TPSA) is 38.5 Å². The van der Waals surface area contributed by atoms with Crippen LogP contribution in [-0.2, 0) is 7.05 Å². The van der Waals surface area contributed by atoms with E-state index < -0.39 is 0 Å². The smallest absolute Gasteiger partial charge is 0.182 e. The Bertz CT molecular complexity index is 796. The molecule has 0 radical (unpaired) electrons. The van der Waals surface area contributed by atoms with Crippen LogP contribution in [-0.4, -0.2) is 19.3 Å². The van der Waals surface area contributed by atoms with Crippen LogP contribution in [0.1, 0.15) is 5.69 Å². The average Bonchev–Trinajstić information content (AvgIpc) is 2.79. The summed E-state index contributed by atoms with van der Waals surface area (Å²) in [6.07, 6.45) is 1.86. The van der Waals surface area contributed by atoms with Gasteiger partial charge in [0.1, 0.15) is 11.3 Å². The molecule has 92 valence electrons. The Morgan fingerprint density at radius 1 is 1.39 bits per heavy atom. The van der Waals surface area contributed by atoms with Crippen LogP contribution >= 0.6 is 12.2 Å². The van der Waals surface area contributed by atoms with Crippen molar-refractivity contribution in [2.45, 2.75) is 6.92 Å². The Morgan fingerprint density at radius 2 is 2.17 bits per heavy atom. The molecule has 3 rings (SSSR count). The van der Waals surface area contributed by atoms with E-state index in [1.54, 1.807) is 15.3 Å². The van der Waals surface area contributed by atoms with Crippen molar-refractivity contribution >= 4 is 23.3 Å². The van der Waals surface area contributed by atoms with Crippen molar-refractivity contribution < 1.29 is 4.39 Å². The number of rotatable bonds is 1. The van der Waals surface area contributed by atoms with E-state index >= 15 is 0 Å². The van der Waals surface area contributed by atoms with Gasteiger partial charge in [-0.1, -0.05) is 6.07 Å². The summed E-state index contributed by atoms with van der Waals surface area (Å²) in [6.45, 7) is 1.90. The Hall–Kier alpha value is -1.95. The lowest BCUT2D eigenvalue weighted by Crippen LogP contribution is -1.94. The number of hydrogen-bond donors (Lipinski definition) is 1. The molecule has 0 aliphatic heterocycles. The van der Waals surface area contributed by atoms with Crippen LogP contribution in [0.2, 0.25) is 0 Å². The van der Waals surface area contributed by atoms with Crippen LogP contribution in [0.5, 0.6) is 0 Å². The van der Waals surface area contributed by atoms with Gasteiger partial charge in [0.15, 0.2) is 4.77 Å². The van der Waals surface area contributed by atoms with Crippen molar-refractivity contribution in [3.8, 4) is 5.69 Å². The number of aryl methyl sites for hydroxylation is 2. The van der Waals surface area contributed by atoms with E-state index in [0.717, 1.165) is 16.9 Å². The summed E-state index contributed by atoms with van der Waals surface area (Å²) in [5, 5.41) is 4.28. The number of aromatic amines is 1. The standard InChI is InChI=1S/C12H11FN4S/c1-7-10(6-16(2)15-7)17-9-5-3-4-8(13)11(9)14-12(17)18/h3-6H,1-2H3,(H,14,18). The largest absolute Gasteiger partial charge is 0.328 e. The number of hydrogen-bond acceptors (Lipinski definition) is 2. The van der Waals surface area contributed by atoms with Crippen molar-refractivity contribution in [2.24, 2.45) is 7.05 Å². The van der Waals surface area contributed by atoms with E-state index in [2.05, 4.69) is 10.1 Å². The van der Waals surface area contributed by atoms with Crippen molar-refractivity contribution in [3.05, 3.63) is 40.7 Å². The predicted molar refractivity (Wildman–Crippen MR) is 69.9 cm³/mol. The minimum atomic E-state index is -0.307. The fraction of sp³-hybridized carbons (Fsp3) is 0.167. The maximum atomic E-state index is 13.7. The number of fused-ring (bicyclic) bond motifs is 1. The van der Waals surface area contributed by atoms with Gasteiger partial charge in [-0.25, -0.2) is 4.39 Å². The summed E-state index contributed by atoms with van der Waals surface area (Å²) in [6, 6.07) is 4.91. The maximum absolute atomic E-state index is 13.7. The molecule has 0 bridgehead atoms. The lowest BCUT2D eigenvalue weighted by Gasteiger charge is -2.01. The van der Waals surface area contributed by atoms with Gasteiger partial charge in [0.2, 0.25) is 0 Å². The monoisotopic (exact) mass is 262 g/mol. The lowest BCUT2D eigenvalue weighted by atomic mass is 10.3. The van der Waals surface area contributed by atoms with E-state index in [-0.39, 0.29) is 5.82 Å². The zero-order chi connectivity index (χ0) is 12.9. The van der Waals surface area contributed by atoms with Gasteiger partial charge in [0.25, 0.3) is 0 Å². The predicted octanol–water partition coefficient (Wildman–Crippen LogP) is 2.87. The SMILES string of the molecule is Cc1nn(C)cc1-n1c(=S)[nH]c2c(F)cccc21. The Kier molecular flexibility index (Phi) is 2.34. The molecule has 0 spiro atoms. The number of nitrogens with zero attached hydrogens (tertiary/aromatic N) is 3. The normalized spacial score (nSPS) is 11.3. The summed E-state index contributed by atoms with van der Waals surface area (Å²) < 4.78 is 17.7.